The predicted octanol–water partition coefficient (Wildman–Crippen LogP) is 0.179. The Morgan fingerprint density at radius 2 is 1.45 bits per heavy atom. The molecule has 11 nitrogen and oxygen atoms in total. The van der Waals surface area contributed by atoms with Gasteiger partial charge in [-0.3, -0.25) is 19.2 Å². The van der Waals surface area contributed by atoms with Crippen molar-refractivity contribution >= 4 is 23.8 Å². The lowest BCUT2D eigenvalue weighted by Gasteiger charge is -2.40. The van der Waals surface area contributed by atoms with Crippen molar-refractivity contribution in [3.63, 3.8) is 0 Å². The van der Waals surface area contributed by atoms with Crippen LogP contribution in [0, 0.1) is 0 Å². The molecule has 7 atom stereocenters. The maximum atomic E-state index is 12.7. The Labute approximate surface area is 181 Å². The van der Waals surface area contributed by atoms with Crippen molar-refractivity contribution in [3.8, 4) is 0 Å². The molecule has 11 heteroatoms. The van der Waals surface area contributed by atoms with E-state index in [1.54, 1.807) is 11.8 Å². The zero-order chi connectivity index (χ0) is 23.3. The van der Waals surface area contributed by atoms with E-state index in [0.717, 1.165) is 0 Å². The molecule has 0 bridgehead atoms. The smallest absolute Gasteiger partial charge is 0.303 e. The van der Waals surface area contributed by atoms with Gasteiger partial charge in [0.25, 0.3) is 5.91 Å². The third kappa shape index (κ3) is 6.62. The van der Waals surface area contributed by atoms with Gasteiger partial charge in [-0.2, -0.15) is 0 Å². The summed E-state index contributed by atoms with van der Waals surface area (Å²) < 4.78 is 32.9. The van der Waals surface area contributed by atoms with Gasteiger partial charge in [0.05, 0.1) is 6.61 Å². The van der Waals surface area contributed by atoms with Gasteiger partial charge in [0.2, 0.25) is 0 Å². The van der Waals surface area contributed by atoms with Crippen molar-refractivity contribution in [2.75, 3.05) is 19.7 Å². The highest BCUT2D eigenvalue weighted by atomic mass is 16.7. The standard InChI is InChI=1S/C20H31NO10/c1-7-21(8-2)20(25)19-18(31-19)17(29-12(5)24)16(28-11(4)23)15-14(27-10(3)22)9-26-13(6)30-15/h13-19H,7-9H2,1-6H3/t13-,14+,15-,16-,17+,18+,19-/m0/s1. The summed E-state index contributed by atoms with van der Waals surface area (Å²) in [6, 6.07) is 0. The average Bonchev–Trinajstić information content (AvgIpc) is 3.47. The number of epoxide rings is 1. The minimum atomic E-state index is -1.20. The molecule has 1 amide bonds. The molecular weight excluding hydrogens is 414 g/mol. The number of hydrogen-bond acceptors (Lipinski definition) is 10. The second-order valence-electron chi connectivity index (χ2n) is 7.33. The molecule has 31 heavy (non-hydrogen) atoms. The first-order chi connectivity index (χ1) is 14.6. The highest BCUT2D eigenvalue weighted by Gasteiger charge is 2.58. The van der Waals surface area contributed by atoms with E-state index < -0.39 is 60.8 Å². The molecule has 2 saturated heterocycles. The van der Waals surface area contributed by atoms with Gasteiger partial charge >= 0.3 is 17.9 Å². The fourth-order valence-corrected chi connectivity index (χ4v) is 3.59. The van der Waals surface area contributed by atoms with Gasteiger partial charge < -0.3 is 33.3 Å². The third-order valence-corrected chi connectivity index (χ3v) is 4.95. The first-order valence-electron chi connectivity index (χ1n) is 10.3. The first kappa shape index (κ1) is 25.0. The molecule has 0 aromatic carbocycles. The summed E-state index contributed by atoms with van der Waals surface area (Å²) in [7, 11) is 0. The van der Waals surface area contributed by atoms with Crippen LogP contribution >= 0.6 is 0 Å². The summed E-state index contributed by atoms with van der Waals surface area (Å²) >= 11 is 0. The van der Waals surface area contributed by atoms with Crippen LogP contribution < -0.4 is 0 Å². The summed E-state index contributed by atoms with van der Waals surface area (Å²) in [4.78, 5) is 49.6. The van der Waals surface area contributed by atoms with E-state index in [-0.39, 0.29) is 12.5 Å². The lowest BCUT2D eigenvalue weighted by atomic mass is 9.97. The zero-order valence-electron chi connectivity index (χ0n) is 18.7. The molecule has 0 N–H and O–H groups in total. The minimum absolute atomic E-state index is 0.0106. The van der Waals surface area contributed by atoms with Gasteiger partial charge in [-0.05, 0) is 20.8 Å². The molecule has 0 aliphatic carbocycles. The number of rotatable bonds is 9. The van der Waals surface area contributed by atoms with Crippen LogP contribution in [-0.2, 0) is 47.6 Å². The van der Waals surface area contributed by atoms with Crippen molar-refractivity contribution in [1.29, 1.82) is 0 Å². The molecule has 2 heterocycles. The van der Waals surface area contributed by atoms with Gasteiger partial charge in [0.1, 0.15) is 12.2 Å². The number of ether oxygens (including phenoxy) is 6. The summed E-state index contributed by atoms with van der Waals surface area (Å²) in [6.07, 6.45) is -6.68. The van der Waals surface area contributed by atoms with Gasteiger partial charge in [-0.25, -0.2) is 0 Å². The quantitative estimate of drug-likeness (QED) is 0.275. The lowest BCUT2D eigenvalue weighted by Crippen LogP contribution is -2.57. The van der Waals surface area contributed by atoms with Crippen molar-refractivity contribution < 1.29 is 47.6 Å². The van der Waals surface area contributed by atoms with E-state index in [9.17, 15) is 19.2 Å². The highest BCUT2D eigenvalue weighted by molar-refractivity contribution is 5.84. The topological polar surface area (TPSA) is 130 Å². The van der Waals surface area contributed by atoms with Crippen LogP contribution in [0.1, 0.15) is 41.5 Å². The molecule has 0 saturated carbocycles. The number of hydrogen-bond donors (Lipinski definition) is 0. The molecule has 2 rings (SSSR count). The van der Waals surface area contributed by atoms with Crippen molar-refractivity contribution in [2.45, 2.75) is 84.5 Å². The molecular formula is C20H31NO10. The monoisotopic (exact) mass is 445 g/mol. The van der Waals surface area contributed by atoms with Crippen LogP contribution in [0.3, 0.4) is 0 Å². The first-order valence-corrected chi connectivity index (χ1v) is 10.3. The molecule has 2 aliphatic rings. The van der Waals surface area contributed by atoms with E-state index in [0.29, 0.717) is 13.1 Å². The number of amides is 1. The summed E-state index contributed by atoms with van der Waals surface area (Å²) in [5.74, 6) is -2.17. The van der Waals surface area contributed by atoms with Crippen LogP contribution in [0.15, 0.2) is 0 Å². The Balaban J connectivity index is 2.33. The van der Waals surface area contributed by atoms with Crippen molar-refractivity contribution in [3.05, 3.63) is 0 Å². The highest BCUT2D eigenvalue weighted by Crippen LogP contribution is 2.35. The Morgan fingerprint density at radius 3 is 1.94 bits per heavy atom. The van der Waals surface area contributed by atoms with Crippen molar-refractivity contribution in [2.24, 2.45) is 0 Å². The molecule has 2 aliphatic heterocycles. The molecule has 0 unspecified atom stereocenters. The third-order valence-electron chi connectivity index (χ3n) is 4.95. The van der Waals surface area contributed by atoms with E-state index in [1.807, 2.05) is 13.8 Å². The Kier molecular flexibility index (Phi) is 8.78. The Hall–Kier alpha value is -2.24. The van der Waals surface area contributed by atoms with Gasteiger partial charge in [0, 0.05) is 33.9 Å². The minimum Gasteiger partial charge on any atom is -0.457 e. The normalized spacial score (nSPS) is 29.3. The number of esters is 3. The average molecular weight is 445 g/mol. The fourth-order valence-electron chi connectivity index (χ4n) is 3.59. The summed E-state index contributed by atoms with van der Waals surface area (Å²) in [6.45, 7) is 9.88. The molecule has 0 spiro atoms. The maximum absolute atomic E-state index is 12.7. The molecule has 0 aromatic heterocycles. The number of carbonyl (C=O) groups excluding carboxylic acids is 4. The Morgan fingerprint density at radius 1 is 0.903 bits per heavy atom. The Bertz CT molecular complexity index is 679. The van der Waals surface area contributed by atoms with E-state index in [1.165, 1.54) is 20.8 Å². The number of carbonyl (C=O) groups is 4. The van der Waals surface area contributed by atoms with Gasteiger partial charge in [0.15, 0.2) is 30.7 Å². The van der Waals surface area contributed by atoms with Crippen molar-refractivity contribution in [1.82, 2.24) is 4.90 Å². The second kappa shape index (κ2) is 10.9. The summed E-state index contributed by atoms with van der Waals surface area (Å²) in [5.41, 5.74) is 0. The molecule has 176 valence electrons. The van der Waals surface area contributed by atoms with Gasteiger partial charge in [-0.15, -0.1) is 0 Å². The van der Waals surface area contributed by atoms with Crippen LogP contribution in [0.25, 0.3) is 0 Å². The van der Waals surface area contributed by atoms with Crippen LogP contribution in [0.4, 0.5) is 0 Å². The van der Waals surface area contributed by atoms with Crippen LogP contribution in [-0.4, -0.2) is 91.3 Å². The van der Waals surface area contributed by atoms with Gasteiger partial charge in [-0.1, -0.05) is 0 Å². The van der Waals surface area contributed by atoms with E-state index in [2.05, 4.69) is 0 Å². The largest absolute Gasteiger partial charge is 0.457 e. The number of likely N-dealkylation sites (N-methyl/N-ethyl adjacent to an activating group) is 1. The van der Waals surface area contributed by atoms with E-state index >= 15 is 0 Å². The number of nitrogens with zero attached hydrogens (tertiary/aromatic N) is 1. The SMILES string of the molecule is CCN(CC)C(=O)[C@H]1O[C@@H]1[C@H](OC(C)=O)[C@@H](OC(C)=O)[C@H]1O[C@@H](C)OC[C@H]1OC(C)=O. The van der Waals surface area contributed by atoms with Crippen LogP contribution in [0.5, 0.6) is 0 Å². The molecule has 0 radical (unpaired) electrons. The summed E-state index contributed by atoms with van der Waals surface area (Å²) in [5, 5.41) is 0. The fraction of sp³-hybridized carbons (Fsp3) is 0.800. The van der Waals surface area contributed by atoms with E-state index in [4.69, 9.17) is 28.4 Å². The molecule has 2 fully saturated rings. The molecule has 0 aromatic rings. The predicted molar refractivity (Wildman–Crippen MR) is 104 cm³/mol. The van der Waals surface area contributed by atoms with Crippen LogP contribution in [0.2, 0.25) is 0 Å². The second-order valence-corrected chi connectivity index (χ2v) is 7.33. The lowest BCUT2D eigenvalue weighted by molar-refractivity contribution is -0.279. The zero-order valence-corrected chi connectivity index (χ0v) is 18.7. The maximum Gasteiger partial charge on any atom is 0.303 e.